The molecule has 0 atom stereocenters. The maximum absolute atomic E-state index is 4.17. The van der Waals surface area contributed by atoms with Crippen LogP contribution in [-0.2, 0) is 0 Å². The van der Waals surface area contributed by atoms with E-state index in [1.54, 1.807) is 0 Å². The summed E-state index contributed by atoms with van der Waals surface area (Å²) in [6.45, 7) is 8.11. The van der Waals surface area contributed by atoms with Crippen molar-refractivity contribution in [3.8, 4) is 11.1 Å². The average molecular weight is 323 g/mol. The Morgan fingerprint density at radius 2 is 1.36 bits per heavy atom. The molecular weight excluding hydrogens is 302 g/mol. The standard InChI is InChI=1S/C24H21N/c1-3-22(18-19(2)20-12-6-4-7-13-20)25-24-17-11-10-16-23(24)21-14-8-5-9-15-21/h3-18,25H,1-2H2/b22-18+. The fourth-order valence-electron chi connectivity index (χ4n) is 2.69. The van der Waals surface area contributed by atoms with Crippen LogP contribution in [0.15, 0.2) is 116 Å². The lowest BCUT2D eigenvalue weighted by Gasteiger charge is -2.13. The Hall–Kier alpha value is -3.32. The number of allylic oxidation sites excluding steroid dienone is 3. The van der Waals surface area contributed by atoms with Crippen LogP contribution in [0.25, 0.3) is 16.7 Å². The van der Waals surface area contributed by atoms with Crippen LogP contribution in [0.2, 0.25) is 0 Å². The number of benzene rings is 3. The Morgan fingerprint density at radius 3 is 2.04 bits per heavy atom. The highest BCUT2D eigenvalue weighted by Gasteiger charge is 2.05. The molecule has 0 spiro atoms. The van der Waals surface area contributed by atoms with E-state index in [-0.39, 0.29) is 0 Å². The topological polar surface area (TPSA) is 12.0 Å². The van der Waals surface area contributed by atoms with E-state index in [9.17, 15) is 0 Å². The molecule has 25 heavy (non-hydrogen) atoms. The summed E-state index contributed by atoms with van der Waals surface area (Å²) >= 11 is 0. The molecule has 0 saturated heterocycles. The van der Waals surface area contributed by atoms with Crippen molar-refractivity contribution in [2.75, 3.05) is 5.32 Å². The van der Waals surface area contributed by atoms with Gasteiger partial charge in [-0.3, -0.25) is 0 Å². The van der Waals surface area contributed by atoms with E-state index < -0.39 is 0 Å². The van der Waals surface area contributed by atoms with E-state index in [4.69, 9.17) is 0 Å². The van der Waals surface area contributed by atoms with Gasteiger partial charge in [-0.15, -0.1) is 0 Å². The Labute approximate surface area is 149 Å². The Morgan fingerprint density at radius 1 is 0.760 bits per heavy atom. The van der Waals surface area contributed by atoms with Gasteiger partial charge >= 0.3 is 0 Å². The molecular formula is C24H21N. The molecule has 0 radical (unpaired) electrons. The van der Waals surface area contributed by atoms with Crippen LogP contribution < -0.4 is 5.32 Å². The molecule has 3 aromatic carbocycles. The summed E-state index contributed by atoms with van der Waals surface area (Å²) in [6.07, 6.45) is 3.83. The number of nitrogens with one attached hydrogen (secondary N) is 1. The maximum Gasteiger partial charge on any atom is 0.0463 e. The van der Waals surface area contributed by atoms with Gasteiger partial charge in [0.2, 0.25) is 0 Å². The quantitative estimate of drug-likeness (QED) is 0.507. The van der Waals surface area contributed by atoms with Crippen LogP contribution in [0.1, 0.15) is 5.56 Å². The summed E-state index contributed by atoms with van der Waals surface area (Å²) in [5, 5.41) is 3.48. The third-order valence-electron chi connectivity index (χ3n) is 3.99. The van der Waals surface area contributed by atoms with E-state index >= 15 is 0 Å². The van der Waals surface area contributed by atoms with E-state index in [0.717, 1.165) is 28.1 Å². The molecule has 3 rings (SSSR count). The minimum Gasteiger partial charge on any atom is -0.355 e. The molecule has 0 aliphatic carbocycles. The fraction of sp³-hybridized carbons (Fsp3) is 0. The second-order valence-corrected chi connectivity index (χ2v) is 5.73. The number of anilines is 1. The van der Waals surface area contributed by atoms with E-state index in [0.29, 0.717) is 0 Å². The minimum atomic E-state index is 0.914. The summed E-state index contributed by atoms with van der Waals surface area (Å²) < 4.78 is 0. The molecule has 3 aromatic rings. The third-order valence-corrected chi connectivity index (χ3v) is 3.99. The number of para-hydroxylation sites is 1. The van der Waals surface area contributed by atoms with Crippen molar-refractivity contribution in [1.82, 2.24) is 0 Å². The molecule has 0 amide bonds. The molecule has 1 nitrogen and oxygen atoms in total. The van der Waals surface area contributed by atoms with Crippen molar-refractivity contribution < 1.29 is 0 Å². The maximum atomic E-state index is 4.17. The van der Waals surface area contributed by atoms with Crippen molar-refractivity contribution in [3.05, 3.63) is 121 Å². The van der Waals surface area contributed by atoms with Gasteiger partial charge in [0, 0.05) is 16.9 Å². The number of rotatable bonds is 6. The highest BCUT2D eigenvalue weighted by molar-refractivity contribution is 5.80. The number of hydrogen-bond donors (Lipinski definition) is 1. The van der Waals surface area contributed by atoms with Gasteiger partial charge in [0.1, 0.15) is 0 Å². The lowest BCUT2D eigenvalue weighted by atomic mass is 10.0. The molecule has 0 unspecified atom stereocenters. The lowest BCUT2D eigenvalue weighted by molar-refractivity contribution is 1.47. The summed E-state index contributed by atoms with van der Waals surface area (Å²) in [4.78, 5) is 0. The SMILES string of the molecule is C=C/C(=C\C(=C)c1ccccc1)Nc1ccccc1-c1ccccc1. The number of hydrogen-bond acceptors (Lipinski definition) is 1. The van der Waals surface area contributed by atoms with Gasteiger partial charge in [-0.2, -0.15) is 0 Å². The molecule has 0 aromatic heterocycles. The van der Waals surface area contributed by atoms with Crippen LogP contribution in [0, 0.1) is 0 Å². The van der Waals surface area contributed by atoms with Crippen molar-refractivity contribution >= 4 is 11.3 Å². The van der Waals surface area contributed by atoms with Crippen molar-refractivity contribution in [1.29, 1.82) is 0 Å². The average Bonchev–Trinajstić information content (AvgIpc) is 2.69. The summed E-state index contributed by atoms with van der Waals surface area (Å²) in [5.74, 6) is 0. The highest BCUT2D eigenvalue weighted by atomic mass is 14.9. The van der Waals surface area contributed by atoms with Crippen LogP contribution in [0.4, 0.5) is 5.69 Å². The molecule has 1 heteroatoms. The monoisotopic (exact) mass is 323 g/mol. The predicted octanol–water partition coefficient (Wildman–Crippen LogP) is 6.55. The zero-order chi connectivity index (χ0) is 17.5. The lowest BCUT2D eigenvalue weighted by Crippen LogP contribution is -1.99. The second-order valence-electron chi connectivity index (χ2n) is 5.73. The van der Waals surface area contributed by atoms with Gasteiger partial charge in [-0.25, -0.2) is 0 Å². The smallest absolute Gasteiger partial charge is 0.0463 e. The molecule has 0 aliphatic rings. The largest absolute Gasteiger partial charge is 0.355 e. The molecule has 122 valence electrons. The van der Waals surface area contributed by atoms with E-state index in [2.05, 4.69) is 54.9 Å². The molecule has 0 fully saturated rings. The van der Waals surface area contributed by atoms with Gasteiger partial charge < -0.3 is 5.32 Å². The second kappa shape index (κ2) is 7.98. The van der Waals surface area contributed by atoms with Crippen LogP contribution in [0.3, 0.4) is 0 Å². The van der Waals surface area contributed by atoms with E-state index in [1.165, 1.54) is 5.56 Å². The molecule has 0 aliphatic heterocycles. The van der Waals surface area contributed by atoms with Gasteiger partial charge in [0.05, 0.1) is 0 Å². The highest BCUT2D eigenvalue weighted by Crippen LogP contribution is 2.29. The van der Waals surface area contributed by atoms with Gasteiger partial charge in [0.25, 0.3) is 0 Å². The zero-order valence-electron chi connectivity index (χ0n) is 14.2. The zero-order valence-corrected chi connectivity index (χ0v) is 14.2. The van der Waals surface area contributed by atoms with Crippen molar-refractivity contribution in [2.45, 2.75) is 0 Å². The van der Waals surface area contributed by atoms with E-state index in [1.807, 2.05) is 60.7 Å². The first-order chi connectivity index (χ1) is 12.3. The minimum absolute atomic E-state index is 0.914. The van der Waals surface area contributed by atoms with Crippen LogP contribution in [-0.4, -0.2) is 0 Å². The van der Waals surface area contributed by atoms with Gasteiger partial charge in [-0.05, 0) is 34.9 Å². The van der Waals surface area contributed by atoms with Gasteiger partial charge in [0.15, 0.2) is 0 Å². The molecule has 0 bridgehead atoms. The van der Waals surface area contributed by atoms with Crippen molar-refractivity contribution in [3.63, 3.8) is 0 Å². The molecule has 1 N–H and O–H groups in total. The first-order valence-electron chi connectivity index (χ1n) is 8.28. The van der Waals surface area contributed by atoms with Crippen LogP contribution in [0.5, 0.6) is 0 Å². The summed E-state index contributed by atoms with van der Waals surface area (Å²) in [6, 6.07) is 28.8. The summed E-state index contributed by atoms with van der Waals surface area (Å²) in [5.41, 5.74) is 6.33. The third kappa shape index (κ3) is 4.15. The summed E-state index contributed by atoms with van der Waals surface area (Å²) in [7, 11) is 0. The van der Waals surface area contributed by atoms with Crippen LogP contribution >= 0.6 is 0 Å². The van der Waals surface area contributed by atoms with Gasteiger partial charge in [-0.1, -0.05) is 92.0 Å². The molecule has 0 heterocycles. The normalized spacial score (nSPS) is 11.0. The molecule has 0 saturated carbocycles. The Kier molecular flexibility index (Phi) is 5.28. The fourth-order valence-corrected chi connectivity index (χ4v) is 2.69. The first-order valence-corrected chi connectivity index (χ1v) is 8.28. The predicted molar refractivity (Wildman–Crippen MR) is 109 cm³/mol. The van der Waals surface area contributed by atoms with Crippen molar-refractivity contribution in [2.24, 2.45) is 0 Å². The first kappa shape index (κ1) is 16.5. The Balaban J connectivity index is 1.89. The Bertz CT molecular complexity index is 890.